The molecule has 3 nitrogen and oxygen atoms in total. The third-order valence-electron chi connectivity index (χ3n) is 2.10. The van der Waals surface area contributed by atoms with E-state index in [2.05, 4.69) is 23.8 Å². The standard InChI is InChI=1S/C11H12N2O/c1-8(2)9-3-4-12-10(7-9)11-13-5-6-14-11/h3-8H,1-2H3. The van der Waals surface area contributed by atoms with E-state index in [0.29, 0.717) is 11.8 Å². The molecule has 14 heavy (non-hydrogen) atoms. The average molecular weight is 188 g/mol. The SMILES string of the molecule is CC(C)c1ccnc(-c2ncco2)c1. The zero-order valence-electron chi connectivity index (χ0n) is 8.27. The molecule has 0 radical (unpaired) electrons. The van der Waals surface area contributed by atoms with Crippen molar-refractivity contribution in [2.75, 3.05) is 0 Å². The summed E-state index contributed by atoms with van der Waals surface area (Å²) in [5.74, 6) is 1.07. The van der Waals surface area contributed by atoms with Crippen molar-refractivity contribution in [3.63, 3.8) is 0 Å². The molecule has 0 saturated carbocycles. The van der Waals surface area contributed by atoms with Gasteiger partial charge >= 0.3 is 0 Å². The van der Waals surface area contributed by atoms with Crippen LogP contribution in [-0.2, 0) is 0 Å². The fourth-order valence-corrected chi connectivity index (χ4v) is 1.27. The van der Waals surface area contributed by atoms with Gasteiger partial charge in [0, 0.05) is 6.20 Å². The zero-order chi connectivity index (χ0) is 9.97. The highest BCUT2D eigenvalue weighted by molar-refractivity contribution is 5.47. The van der Waals surface area contributed by atoms with Crippen molar-refractivity contribution in [3.8, 4) is 11.6 Å². The minimum absolute atomic E-state index is 0.492. The van der Waals surface area contributed by atoms with Gasteiger partial charge in [0.05, 0.1) is 6.20 Å². The van der Waals surface area contributed by atoms with Crippen LogP contribution < -0.4 is 0 Å². The molecule has 0 bridgehead atoms. The molecular weight excluding hydrogens is 176 g/mol. The van der Waals surface area contributed by atoms with Gasteiger partial charge in [0.2, 0.25) is 5.89 Å². The van der Waals surface area contributed by atoms with Crippen molar-refractivity contribution in [3.05, 3.63) is 36.4 Å². The molecule has 2 rings (SSSR count). The number of hydrogen-bond acceptors (Lipinski definition) is 3. The summed E-state index contributed by atoms with van der Waals surface area (Å²) in [6.07, 6.45) is 4.97. The number of nitrogens with zero attached hydrogens (tertiary/aromatic N) is 2. The quantitative estimate of drug-likeness (QED) is 0.727. The van der Waals surface area contributed by atoms with Crippen molar-refractivity contribution in [1.29, 1.82) is 0 Å². The third kappa shape index (κ3) is 1.66. The van der Waals surface area contributed by atoms with Crippen LogP contribution in [0.15, 0.2) is 35.2 Å². The first-order chi connectivity index (χ1) is 6.77. The molecule has 0 amide bonds. The summed E-state index contributed by atoms with van der Waals surface area (Å²) in [6, 6.07) is 4.02. The average Bonchev–Trinajstić information content (AvgIpc) is 2.71. The maximum absolute atomic E-state index is 5.18. The highest BCUT2D eigenvalue weighted by Crippen LogP contribution is 2.19. The maximum atomic E-state index is 5.18. The molecule has 0 aliphatic carbocycles. The van der Waals surface area contributed by atoms with Gasteiger partial charge in [-0.25, -0.2) is 4.98 Å². The van der Waals surface area contributed by atoms with Gasteiger partial charge in [-0.05, 0) is 23.6 Å². The van der Waals surface area contributed by atoms with Gasteiger partial charge in [-0.15, -0.1) is 0 Å². The Morgan fingerprint density at radius 1 is 1.21 bits per heavy atom. The molecular formula is C11H12N2O. The lowest BCUT2D eigenvalue weighted by atomic mass is 10.0. The number of rotatable bonds is 2. The molecule has 0 aromatic carbocycles. The lowest BCUT2D eigenvalue weighted by Gasteiger charge is -2.04. The molecule has 0 saturated heterocycles. The van der Waals surface area contributed by atoms with Crippen molar-refractivity contribution in [2.24, 2.45) is 0 Å². The van der Waals surface area contributed by atoms with Crippen LogP contribution in [0.3, 0.4) is 0 Å². The van der Waals surface area contributed by atoms with Gasteiger partial charge in [-0.2, -0.15) is 0 Å². The van der Waals surface area contributed by atoms with Gasteiger partial charge in [-0.3, -0.25) is 4.98 Å². The van der Waals surface area contributed by atoms with Crippen LogP contribution in [0.2, 0.25) is 0 Å². The predicted octanol–water partition coefficient (Wildman–Crippen LogP) is 2.86. The first-order valence-electron chi connectivity index (χ1n) is 4.63. The third-order valence-corrected chi connectivity index (χ3v) is 2.10. The lowest BCUT2D eigenvalue weighted by molar-refractivity contribution is 0.572. The topological polar surface area (TPSA) is 38.9 Å². The van der Waals surface area contributed by atoms with Crippen molar-refractivity contribution in [2.45, 2.75) is 19.8 Å². The molecule has 3 heteroatoms. The van der Waals surface area contributed by atoms with Crippen molar-refractivity contribution >= 4 is 0 Å². The van der Waals surface area contributed by atoms with Gasteiger partial charge in [0.15, 0.2) is 0 Å². The molecule has 0 aliphatic rings. The Balaban J connectivity index is 2.41. The van der Waals surface area contributed by atoms with E-state index in [0.717, 1.165) is 5.69 Å². The number of pyridine rings is 1. The Morgan fingerprint density at radius 2 is 2.07 bits per heavy atom. The molecule has 2 heterocycles. The first kappa shape index (κ1) is 8.94. The Hall–Kier alpha value is -1.64. The second kappa shape index (κ2) is 3.62. The zero-order valence-corrected chi connectivity index (χ0v) is 8.27. The molecule has 2 aromatic heterocycles. The van der Waals surface area contributed by atoms with Crippen LogP contribution in [0.5, 0.6) is 0 Å². The lowest BCUT2D eigenvalue weighted by Crippen LogP contribution is -1.90. The van der Waals surface area contributed by atoms with Gasteiger partial charge in [0.25, 0.3) is 0 Å². The summed E-state index contributed by atoms with van der Waals surface area (Å²) in [5.41, 5.74) is 2.04. The monoisotopic (exact) mass is 188 g/mol. The van der Waals surface area contributed by atoms with Crippen LogP contribution in [0.4, 0.5) is 0 Å². The Labute approximate surface area is 82.8 Å². The molecule has 0 spiro atoms. The van der Waals surface area contributed by atoms with Gasteiger partial charge < -0.3 is 4.42 Å². The summed E-state index contributed by atoms with van der Waals surface area (Å²) >= 11 is 0. The summed E-state index contributed by atoms with van der Waals surface area (Å²) < 4.78 is 5.18. The van der Waals surface area contributed by atoms with Crippen molar-refractivity contribution in [1.82, 2.24) is 9.97 Å². The smallest absolute Gasteiger partial charge is 0.244 e. The molecule has 0 aliphatic heterocycles. The van der Waals surface area contributed by atoms with Gasteiger partial charge in [-0.1, -0.05) is 13.8 Å². The van der Waals surface area contributed by atoms with Crippen LogP contribution in [0, 0.1) is 0 Å². The Bertz CT molecular complexity index is 407. The fraction of sp³-hybridized carbons (Fsp3) is 0.273. The normalized spacial score (nSPS) is 10.8. The molecule has 0 unspecified atom stereocenters. The van der Waals surface area contributed by atoms with Crippen LogP contribution in [-0.4, -0.2) is 9.97 Å². The summed E-state index contributed by atoms with van der Waals surface area (Å²) in [5, 5.41) is 0. The number of aromatic nitrogens is 2. The maximum Gasteiger partial charge on any atom is 0.244 e. The molecule has 2 aromatic rings. The number of hydrogen-bond donors (Lipinski definition) is 0. The highest BCUT2D eigenvalue weighted by atomic mass is 16.3. The predicted molar refractivity (Wildman–Crippen MR) is 53.8 cm³/mol. The fourth-order valence-electron chi connectivity index (χ4n) is 1.27. The molecule has 0 N–H and O–H groups in total. The van der Waals surface area contributed by atoms with Crippen molar-refractivity contribution < 1.29 is 4.42 Å². The van der Waals surface area contributed by atoms with E-state index in [9.17, 15) is 0 Å². The molecule has 72 valence electrons. The van der Waals surface area contributed by atoms with E-state index in [-0.39, 0.29) is 0 Å². The largest absolute Gasteiger partial charge is 0.443 e. The van der Waals surface area contributed by atoms with E-state index >= 15 is 0 Å². The summed E-state index contributed by atoms with van der Waals surface area (Å²) in [7, 11) is 0. The van der Waals surface area contributed by atoms with Crippen LogP contribution >= 0.6 is 0 Å². The summed E-state index contributed by atoms with van der Waals surface area (Å²) in [6.45, 7) is 4.29. The molecule has 0 fully saturated rings. The minimum Gasteiger partial charge on any atom is -0.443 e. The van der Waals surface area contributed by atoms with E-state index < -0.39 is 0 Å². The van der Waals surface area contributed by atoms with Gasteiger partial charge in [0.1, 0.15) is 12.0 Å². The van der Waals surface area contributed by atoms with E-state index in [1.54, 1.807) is 18.7 Å². The van der Waals surface area contributed by atoms with E-state index in [4.69, 9.17) is 4.42 Å². The number of oxazole rings is 1. The van der Waals surface area contributed by atoms with E-state index in [1.165, 1.54) is 5.56 Å². The second-order valence-electron chi connectivity index (χ2n) is 3.47. The van der Waals surface area contributed by atoms with Crippen LogP contribution in [0.1, 0.15) is 25.3 Å². The Morgan fingerprint density at radius 3 is 2.71 bits per heavy atom. The minimum atomic E-state index is 0.492. The first-order valence-corrected chi connectivity index (χ1v) is 4.63. The van der Waals surface area contributed by atoms with Crippen LogP contribution in [0.25, 0.3) is 11.6 Å². The molecule has 0 atom stereocenters. The van der Waals surface area contributed by atoms with E-state index in [1.807, 2.05) is 12.1 Å². The highest BCUT2D eigenvalue weighted by Gasteiger charge is 2.06. The summed E-state index contributed by atoms with van der Waals surface area (Å²) in [4.78, 5) is 8.27. The second-order valence-corrected chi connectivity index (χ2v) is 3.47. The Kier molecular flexibility index (Phi) is 2.31.